The zero-order valence-electron chi connectivity index (χ0n) is 13.9. The molecule has 1 aromatic heterocycles. The molecule has 0 unspecified atom stereocenters. The third kappa shape index (κ3) is 4.20. The van der Waals surface area contributed by atoms with Crippen LogP contribution in [0, 0.1) is 0 Å². The van der Waals surface area contributed by atoms with Gasteiger partial charge >= 0.3 is 5.97 Å². The molecule has 0 aliphatic carbocycles. The molecule has 0 saturated heterocycles. The van der Waals surface area contributed by atoms with Gasteiger partial charge in [0, 0.05) is 23.0 Å². The van der Waals surface area contributed by atoms with Crippen molar-refractivity contribution in [3.8, 4) is 11.4 Å². The molecule has 0 atom stereocenters. The third-order valence-electron chi connectivity index (χ3n) is 3.70. The minimum Gasteiger partial charge on any atom is -0.478 e. The lowest BCUT2D eigenvalue weighted by atomic mass is 10.2. The van der Waals surface area contributed by atoms with Crippen LogP contribution in [0.15, 0.2) is 60.7 Å². The Balaban J connectivity index is 1.96. The van der Waals surface area contributed by atoms with Gasteiger partial charge in [0.25, 0.3) is 0 Å². The fraction of sp³-hybridized carbons (Fsp3) is 0.150. The van der Waals surface area contributed by atoms with Gasteiger partial charge in [-0.3, -0.25) is 0 Å². The van der Waals surface area contributed by atoms with Crippen molar-refractivity contribution in [2.24, 2.45) is 0 Å². The topological polar surface area (TPSA) is 75.1 Å². The second kappa shape index (κ2) is 7.57. The number of hydrogen-bond donors (Lipinski definition) is 2. The van der Waals surface area contributed by atoms with Gasteiger partial charge in [0.15, 0.2) is 5.82 Å². The number of aryl methyl sites for hydroxylation is 1. The van der Waals surface area contributed by atoms with E-state index in [1.165, 1.54) is 0 Å². The van der Waals surface area contributed by atoms with Crippen LogP contribution in [0.25, 0.3) is 11.4 Å². The van der Waals surface area contributed by atoms with Crippen LogP contribution >= 0.6 is 0 Å². The fourth-order valence-electron chi connectivity index (χ4n) is 2.54. The Morgan fingerprint density at radius 1 is 1.04 bits per heavy atom. The van der Waals surface area contributed by atoms with E-state index in [2.05, 4.69) is 22.2 Å². The van der Waals surface area contributed by atoms with E-state index >= 15 is 0 Å². The number of carboxylic acids is 1. The maximum atomic E-state index is 11.1. The first-order valence-electron chi connectivity index (χ1n) is 8.19. The summed E-state index contributed by atoms with van der Waals surface area (Å²) in [6.07, 6.45) is 1.84. The molecule has 0 amide bonds. The van der Waals surface area contributed by atoms with E-state index in [0.717, 1.165) is 24.1 Å². The fourth-order valence-corrected chi connectivity index (χ4v) is 2.54. The Kier molecular flexibility index (Phi) is 5.04. The highest BCUT2D eigenvalue weighted by Crippen LogP contribution is 2.22. The third-order valence-corrected chi connectivity index (χ3v) is 3.70. The number of nitrogens with zero attached hydrogens (tertiary/aromatic N) is 2. The standard InChI is InChI=1S/C20H19N3O2/c1-2-7-16-13-18(21-17-11-6-10-15(12-17)20(24)25)23-19(22-16)14-8-4-3-5-9-14/h3-6,8-13H,2,7H2,1H3,(H,24,25)(H,21,22,23). The number of aromatic carboxylic acids is 1. The summed E-state index contributed by atoms with van der Waals surface area (Å²) in [4.78, 5) is 20.4. The first kappa shape index (κ1) is 16.6. The maximum Gasteiger partial charge on any atom is 0.335 e. The van der Waals surface area contributed by atoms with Gasteiger partial charge in [0.05, 0.1) is 5.56 Å². The molecule has 0 spiro atoms. The largest absolute Gasteiger partial charge is 0.478 e. The first-order chi connectivity index (χ1) is 12.2. The summed E-state index contributed by atoms with van der Waals surface area (Å²) in [5.74, 6) is 0.353. The van der Waals surface area contributed by atoms with Crippen molar-refractivity contribution >= 4 is 17.5 Å². The molecule has 5 heteroatoms. The molecule has 25 heavy (non-hydrogen) atoms. The van der Waals surface area contributed by atoms with Crippen molar-refractivity contribution in [3.63, 3.8) is 0 Å². The highest BCUT2D eigenvalue weighted by atomic mass is 16.4. The van der Waals surface area contributed by atoms with Gasteiger partial charge in [-0.2, -0.15) is 0 Å². The molecular formula is C20H19N3O2. The number of hydrogen-bond acceptors (Lipinski definition) is 4. The van der Waals surface area contributed by atoms with Crippen molar-refractivity contribution in [3.05, 3.63) is 71.9 Å². The van der Waals surface area contributed by atoms with E-state index in [1.807, 2.05) is 42.5 Å². The van der Waals surface area contributed by atoms with Gasteiger partial charge in [-0.25, -0.2) is 14.8 Å². The van der Waals surface area contributed by atoms with Crippen LogP contribution < -0.4 is 5.32 Å². The molecule has 0 radical (unpaired) electrons. The Bertz CT molecular complexity index is 879. The Hall–Kier alpha value is -3.21. The average Bonchev–Trinajstić information content (AvgIpc) is 2.63. The molecule has 126 valence electrons. The molecule has 3 rings (SSSR count). The molecule has 3 aromatic rings. The van der Waals surface area contributed by atoms with Gasteiger partial charge in [0.1, 0.15) is 5.82 Å². The molecule has 0 aliphatic rings. The zero-order chi connectivity index (χ0) is 17.6. The van der Waals surface area contributed by atoms with Gasteiger partial charge in [-0.05, 0) is 24.6 Å². The Labute approximate surface area is 146 Å². The van der Waals surface area contributed by atoms with E-state index in [-0.39, 0.29) is 5.56 Å². The zero-order valence-corrected chi connectivity index (χ0v) is 13.9. The number of rotatable bonds is 6. The molecule has 0 bridgehead atoms. The number of aromatic nitrogens is 2. The molecule has 0 saturated carbocycles. The lowest BCUT2D eigenvalue weighted by Gasteiger charge is -2.10. The van der Waals surface area contributed by atoms with Gasteiger partial charge in [-0.1, -0.05) is 49.7 Å². The van der Waals surface area contributed by atoms with Gasteiger partial charge in [0.2, 0.25) is 0 Å². The number of carbonyl (C=O) groups is 1. The summed E-state index contributed by atoms with van der Waals surface area (Å²) in [5.41, 5.74) is 2.81. The Morgan fingerprint density at radius 3 is 2.56 bits per heavy atom. The highest BCUT2D eigenvalue weighted by Gasteiger charge is 2.08. The summed E-state index contributed by atoms with van der Waals surface area (Å²) >= 11 is 0. The Morgan fingerprint density at radius 2 is 1.84 bits per heavy atom. The maximum absolute atomic E-state index is 11.1. The highest BCUT2D eigenvalue weighted by molar-refractivity contribution is 5.89. The second-order valence-electron chi connectivity index (χ2n) is 5.70. The summed E-state index contributed by atoms with van der Waals surface area (Å²) in [6, 6.07) is 18.4. The van der Waals surface area contributed by atoms with Gasteiger partial charge < -0.3 is 10.4 Å². The van der Waals surface area contributed by atoms with Crippen molar-refractivity contribution in [2.75, 3.05) is 5.32 Å². The molecule has 2 N–H and O–H groups in total. The van der Waals surface area contributed by atoms with Crippen LogP contribution in [-0.4, -0.2) is 21.0 Å². The lowest BCUT2D eigenvalue weighted by molar-refractivity contribution is 0.0697. The molecule has 0 aliphatic heterocycles. The predicted molar refractivity (Wildman–Crippen MR) is 98.1 cm³/mol. The van der Waals surface area contributed by atoms with E-state index in [4.69, 9.17) is 5.11 Å². The second-order valence-corrected chi connectivity index (χ2v) is 5.70. The summed E-state index contributed by atoms with van der Waals surface area (Å²) < 4.78 is 0. The average molecular weight is 333 g/mol. The van der Waals surface area contributed by atoms with E-state index in [1.54, 1.807) is 18.2 Å². The summed E-state index contributed by atoms with van der Waals surface area (Å²) in [5, 5.41) is 12.3. The smallest absolute Gasteiger partial charge is 0.335 e. The summed E-state index contributed by atoms with van der Waals surface area (Å²) in [6.45, 7) is 2.10. The molecule has 1 heterocycles. The number of anilines is 2. The van der Waals surface area contributed by atoms with E-state index < -0.39 is 5.97 Å². The minimum atomic E-state index is -0.956. The van der Waals surface area contributed by atoms with E-state index in [9.17, 15) is 4.79 Å². The summed E-state index contributed by atoms with van der Waals surface area (Å²) in [7, 11) is 0. The predicted octanol–water partition coefficient (Wildman–Crippen LogP) is 4.54. The molecule has 5 nitrogen and oxygen atoms in total. The number of carboxylic acid groups (broad SMARTS) is 1. The van der Waals surface area contributed by atoms with Crippen molar-refractivity contribution in [1.82, 2.24) is 9.97 Å². The SMILES string of the molecule is CCCc1cc(Nc2cccc(C(=O)O)c2)nc(-c2ccccc2)n1. The van der Waals surface area contributed by atoms with E-state index in [0.29, 0.717) is 17.3 Å². The van der Waals surface area contributed by atoms with Crippen LogP contribution in [0.4, 0.5) is 11.5 Å². The monoisotopic (exact) mass is 333 g/mol. The molecule has 0 fully saturated rings. The molecular weight excluding hydrogens is 314 g/mol. The van der Waals surface area contributed by atoms with Crippen LogP contribution in [0.5, 0.6) is 0 Å². The van der Waals surface area contributed by atoms with Crippen LogP contribution in [-0.2, 0) is 6.42 Å². The van der Waals surface area contributed by atoms with Crippen LogP contribution in [0.2, 0.25) is 0 Å². The van der Waals surface area contributed by atoms with Gasteiger partial charge in [-0.15, -0.1) is 0 Å². The van der Waals surface area contributed by atoms with Crippen molar-refractivity contribution < 1.29 is 9.90 Å². The van der Waals surface area contributed by atoms with Crippen LogP contribution in [0.3, 0.4) is 0 Å². The molecule has 2 aromatic carbocycles. The number of nitrogens with one attached hydrogen (secondary N) is 1. The normalized spacial score (nSPS) is 10.4. The first-order valence-corrected chi connectivity index (χ1v) is 8.19. The van der Waals surface area contributed by atoms with Crippen LogP contribution in [0.1, 0.15) is 29.4 Å². The lowest BCUT2D eigenvalue weighted by Crippen LogP contribution is -2.02. The number of benzene rings is 2. The van der Waals surface area contributed by atoms with Crippen molar-refractivity contribution in [2.45, 2.75) is 19.8 Å². The quantitative estimate of drug-likeness (QED) is 0.693. The minimum absolute atomic E-state index is 0.233. The van der Waals surface area contributed by atoms with Crippen molar-refractivity contribution in [1.29, 1.82) is 0 Å².